The van der Waals surface area contributed by atoms with Crippen LogP contribution in [0.2, 0.25) is 0 Å². The van der Waals surface area contributed by atoms with Crippen LogP contribution in [-0.2, 0) is 0 Å². The molecule has 1 amide bonds. The summed E-state index contributed by atoms with van der Waals surface area (Å²) < 4.78 is 0.931. The first-order chi connectivity index (χ1) is 13.6. The zero-order chi connectivity index (χ0) is 19.7. The number of para-hydroxylation sites is 1. The molecule has 5 heteroatoms. The van der Waals surface area contributed by atoms with Crippen molar-refractivity contribution < 1.29 is 9.90 Å². The Labute approximate surface area is 174 Å². The van der Waals surface area contributed by atoms with Crippen molar-refractivity contribution in [1.29, 1.82) is 0 Å². The molecule has 3 unspecified atom stereocenters. The van der Waals surface area contributed by atoms with Crippen molar-refractivity contribution in [3.05, 3.63) is 69.7 Å². The van der Waals surface area contributed by atoms with Crippen molar-refractivity contribution in [2.24, 2.45) is 5.92 Å². The van der Waals surface area contributed by atoms with Crippen LogP contribution in [0.5, 0.6) is 5.75 Å². The largest absolute Gasteiger partial charge is 0.508 e. The van der Waals surface area contributed by atoms with Crippen LogP contribution >= 0.6 is 15.9 Å². The molecule has 146 valence electrons. The van der Waals surface area contributed by atoms with Gasteiger partial charge in [0.2, 0.25) is 0 Å². The fraction of sp³-hybridized carbons (Fsp3) is 0.348. The van der Waals surface area contributed by atoms with Gasteiger partial charge in [-0.2, -0.15) is 0 Å². The number of amides is 1. The summed E-state index contributed by atoms with van der Waals surface area (Å²) in [5.74, 6) is 0.782. The number of unbranched alkanes of at least 4 members (excludes halogenated alkanes) is 1. The number of rotatable bonds is 5. The van der Waals surface area contributed by atoms with Gasteiger partial charge in [0, 0.05) is 22.5 Å². The minimum Gasteiger partial charge on any atom is -0.508 e. The van der Waals surface area contributed by atoms with Gasteiger partial charge in [-0.05, 0) is 48.6 Å². The van der Waals surface area contributed by atoms with Gasteiger partial charge >= 0.3 is 0 Å². The lowest BCUT2D eigenvalue weighted by molar-refractivity contribution is 0.0953. The number of hydrogen-bond acceptors (Lipinski definition) is 3. The number of anilines is 1. The van der Waals surface area contributed by atoms with Crippen LogP contribution in [0.1, 0.15) is 59.6 Å². The Balaban J connectivity index is 1.74. The number of fused-ring (bicyclic) bond motifs is 3. The van der Waals surface area contributed by atoms with E-state index in [-0.39, 0.29) is 23.6 Å². The Kier molecular flexibility index (Phi) is 5.44. The first-order valence-corrected chi connectivity index (χ1v) is 10.7. The van der Waals surface area contributed by atoms with E-state index in [1.165, 1.54) is 0 Å². The maximum Gasteiger partial charge on any atom is 0.253 e. The number of hydrogen-bond donors (Lipinski definition) is 3. The van der Waals surface area contributed by atoms with Crippen molar-refractivity contribution in [3.8, 4) is 5.75 Å². The number of carbonyl (C=O) groups excluding carboxylic acids is 1. The summed E-state index contributed by atoms with van der Waals surface area (Å²) in [6.45, 7) is 2.79. The topological polar surface area (TPSA) is 61.4 Å². The number of phenolic OH excluding ortho intramolecular Hbond substituents is 1. The van der Waals surface area contributed by atoms with Gasteiger partial charge < -0.3 is 15.7 Å². The molecule has 3 atom stereocenters. The third-order valence-corrected chi connectivity index (χ3v) is 6.28. The van der Waals surface area contributed by atoms with Crippen molar-refractivity contribution >= 4 is 27.5 Å². The second-order valence-corrected chi connectivity index (χ2v) is 8.47. The van der Waals surface area contributed by atoms with E-state index in [1.54, 1.807) is 6.07 Å². The molecule has 1 aliphatic carbocycles. The summed E-state index contributed by atoms with van der Waals surface area (Å²) in [6, 6.07) is 11.4. The second-order valence-electron chi connectivity index (χ2n) is 7.56. The fourth-order valence-corrected chi connectivity index (χ4v) is 4.75. The number of phenols is 1. The molecular formula is C23H25BrN2O2. The van der Waals surface area contributed by atoms with Gasteiger partial charge in [-0.15, -0.1) is 0 Å². The Morgan fingerprint density at radius 2 is 2.14 bits per heavy atom. The van der Waals surface area contributed by atoms with Gasteiger partial charge in [0.1, 0.15) is 5.75 Å². The van der Waals surface area contributed by atoms with Gasteiger partial charge in [0.25, 0.3) is 5.91 Å². The summed E-state index contributed by atoms with van der Waals surface area (Å²) >= 11 is 3.52. The number of nitrogens with one attached hydrogen (secondary N) is 2. The van der Waals surface area contributed by atoms with Crippen LogP contribution in [0.4, 0.5) is 5.69 Å². The van der Waals surface area contributed by atoms with E-state index in [2.05, 4.69) is 51.7 Å². The summed E-state index contributed by atoms with van der Waals surface area (Å²) in [7, 11) is 0. The molecule has 0 spiro atoms. The summed E-state index contributed by atoms with van der Waals surface area (Å²) in [5, 5.41) is 17.2. The van der Waals surface area contributed by atoms with E-state index >= 15 is 0 Å². The van der Waals surface area contributed by atoms with Crippen LogP contribution in [0, 0.1) is 5.92 Å². The predicted octanol–water partition coefficient (Wildman–Crippen LogP) is 5.51. The number of benzene rings is 2. The maximum atomic E-state index is 12.8. The van der Waals surface area contributed by atoms with E-state index < -0.39 is 0 Å². The fourth-order valence-electron chi connectivity index (χ4n) is 4.37. The third-order valence-electron chi connectivity index (χ3n) is 5.78. The van der Waals surface area contributed by atoms with Crippen LogP contribution in [-0.4, -0.2) is 17.6 Å². The molecule has 1 heterocycles. The van der Waals surface area contributed by atoms with Gasteiger partial charge in [-0.1, -0.05) is 53.6 Å². The molecule has 0 fully saturated rings. The van der Waals surface area contributed by atoms with Gasteiger partial charge in [0.05, 0.1) is 17.3 Å². The average molecular weight is 441 g/mol. The number of halogens is 1. The molecule has 0 saturated carbocycles. The molecule has 2 aliphatic rings. The molecule has 0 saturated heterocycles. The van der Waals surface area contributed by atoms with Crippen LogP contribution in [0.25, 0.3) is 0 Å². The lowest BCUT2D eigenvalue weighted by Crippen LogP contribution is -2.32. The standard InChI is InChI=1S/C23H25BrN2O2/c1-2-3-12-25-23(28)18-9-5-8-16-15-6-4-7-17(15)22(26-21(16)18)19-13-14(24)10-11-20(19)27/h4-6,8-11,13,15,17,22,26-27H,2-3,7,12H2,1H3,(H,25,28). The quantitative estimate of drug-likeness (QED) is 0.424. The molecule has 1 aliphatic heterocycles. The Hall–Kier alpha value is -2.27. The van der Waals surface area contributed by atoms with E-state index in [0.29, 0.717) is 18.0 Å². The molecule has 3 N–H and O–H groups in total. The molecule has 0 radical (unpaired) electrons. The van der Waals surface area contributed by atoms with E-state index in [4.69, 9.17) is 0 Å². The summed E-state index contributed by atoms with van der Waals surface area (Å²) in [5.41, 5.74) is 3.58. The highest BCUT2D eigenvalue weighted by molar-refractivity contribution is 9.10. The van der Waals surface area contributed by atoms with Crippen LogP contribution in [0.3, 0.4) is 0 Å². The third kappa shape index (κ3) is 3.44. The Morgan fingerprint density at radius 1 is 1.29 bits per heavy atom. The van der Waals surface area contributed by atoms with Gasteiger partial charge in [-0.3, -0.25) is 4.79 Å². The van der Waals surface area contributed by atoms with Crippen LogP contribution in [0.15, 0.2) is 53.0 Å². The van der Waals surface area contributed by atoms with Crippen molar-refractivity contribution in [1.82, 2.24) is 5.32 Å². The number of aromatic hydroxyl groups is 1. The van der Waals surface area contributed by atoms with E-state index in [9.17, 15) is 9.90 Å². The minimum atomic E-state index is -0.0606. The second kappa shape index (κ2) is 8.00. The van der Waals surface area contributed by atoms with E-state index in [0.717, 1.165) is 40.5 Å². The predicted molar refractivity (Wildman–Crippen MR) is 116 cm³/mol. The lowest BCUT2D eigenvalue weighted by atomic mass is 9.76. The van der Waals surface area contributed by atoms with Crippen molar-refractivity contribution in [2.45, 2.75) is 38.1 Å². The first kappa shape index (κ1) is 19.1. The zero-order valence-electron chi connectivity index (χ0n) is 15.9. The molecule has 0 bridgehead atoms. The highest BCUT2D eigenvalue weighted by Crippen LogP contribution is 2.52. The van der Waals surface area contributed by atoms with Crippen molar-refractivity contribution in [2.75, 3.05) is 11.9 Å². The number of carbonyl (C=O) groups is 1. The van der Waals surface area contributed by atoms with Crippen molar-refractivity contribution in [3.63, 3.8) is 0 Å². The molecule has 0 aromatic heterocycles. The zero-order valence-corrected chi connectivity index (χ0v) is 17.5. The number of allylic oxidation sites excluding steroid dienone is 2. The maximum absolute atomic E-state index is 12.8. The van der Waals surface area contributed by atoms with Gasteiger partial charge in [-0.25, -0.2) is 0 Å². The highest BCUT2D eigenvalue weighted by Gasteiger charge is 2.40. The van der Waals surface area contributed by atoms with E-state index in [1.807, 2.05) is 24.3 Å². The average Bonchev–Trinajstić information content (AvgIpc) is 3.19. The Morgan fingerprint density at radius 3 is 2.96 bits per heavy atom. The minimum absolute atomic E-state index is 0.0459. The smallest absolute Gasteiger partial charge is 0.253 e. The molecule has 2 aromatic rings. The monoisotopic (exact) mass is 440 g/mol. The molecule has 28 heavy (non-hydrogen) atoms. The normalized spacial score (nSPS) is 22.3. The summed E-state index contributed by atoms with van der Waals surface area (Å²) in [4.78, 5) is 12.8. The molecule has 2 aromatic carbocycles. The first-order valence-electron chi connectivity index (χ1n) is 9.93. The lowest BCUT2D eigenvalue weighted by Gasteiger charge is -2.38. The van der Waals surface area contributed by atoms with Gasteiger partial charge in [0.15, 0.2) is 0 Å². The Bertz CT molecular complexity index is 925. The van der Waals surface area contributed by atoms with Crippen LogP contribution < -0.4 is 10.6 Å². The summed E-state index contributed by atoms with van der Waals surface area (Å²) in [6.07, 6.45) is 7.41. The molecule has 4 rings (SSSR count). The molecule has 4 nitrogen and oxygen atoms in total. The molecular weight excluding hydrogens is 416 g/mol. The SMILES string of the molecule is CCCCNC(=O)c1cccc2c1NC(c1cc(Br)ccc1O)C1CC=CC21. The highest BCUT2D eigenvalue weighted by atomic mass is 79.9.